The van der Waals surface area contributed by atoms with Crippen LogP contribution in [0, 0.1) is 6.92 Å². The Balaban J connectivity index is 1.70. The summed E-state index contributed by atoms with van der Waals surface area (Å²) < 4.78 is 1.08. The smallest absolute Gasteiger partial charge is 0.140 e. The van der Waals surface area contributed by atoms with Crippen LogP contribution in [0.4, 0.5) is 5.82 Å². The van der Waals surface area contributed by atoms with Crippen LogP contribution in [0.3, 0.4) is 0 Å². The lowest BCUT2D eigenvalue weighted by Crippen LogP contribution is -2.52. The van der Waals surface area contributed by atoms with Gasteiger partial charge in [-0.2, -0.15) is 0 Å². The van der Waals surface area contributed by atoms with Crippen LogP contribution in [0.15, 0.2) is 16.7 Å². The Morgan fingerprint density at radius 3 is 2.63 bits per heavy atom. The van der Waals surface area contributed by atoms with Gasteiger partial charge in [0.2, 0.25) is 0 Å². The second kappa shape index (κ2) is 5.41. The molecule has 0 radical (unpaired) electrons. The maximum atomic E-state index is 4.51. The summed E-state index contributed by atoms with van der Waals surface area (Å²) in [5, 5.41) is 3.64. The van der Waals surface area contributed by atoms with Crippen molar-refractivity contribution < 1.29 is 0 Å². The van der Waals surface area contributed by atoms with Gasteiger partial charge in [0.15, 0.2) is 0 Å². The van der Waals surface area contributed by atoms with Gasteiger partial charge in [0.05, 0.1) is 4.47 Å². The first-order chi connectivity index (χ1) is 9.13. The van der Waals surface area contributed by atoms with E-state index in [2.05, 4.69) is 51.2 Å². The molecule has 1 aromatic rings. The second-order valence-corrected chi connectivity index (χ2v) is 6.91. The fourth-order valence-electron chi connectivity index (χ4n) is 3.57. The molecule has 0 saturated carbocycles. The largest absolute Gasteiger partial charge is 0.366 e. The van der Waals surface area contributed by atoms with Crippen LogP contribution >= 0.6 is 15.9 Å². The third-order valence-corrected chi connectivity index (χ3v) is 5.26. The SMILES string of the molecule is Cc1cnc(NC2CC3CCCC(C2)N3C)c(Br)c1. The van der Waals surface area contributed by atoms with E-state index < -0.39 is 0 Å². The first-order valence-electron chi connectivity index (χ1n) is 7.24. The van der Waals surface area contributed by atoms with Gasteiger partial charge in [-0.25, -0.2) is 4.98 Å². The molecule has 2 bridgehead atoms. The van der Waals surface area contributed by atoms with Gasteiger partial charge in [0.1, 0.15) is 5.82 Å². The Morgan fingerprint density at radius 1 is 1.32 bits per heavy atom. The Bertz CT molecular complexity index is 449. The standard InChI is InChI=1S/C15H22BrN3/c1-10-6-14(16)15(17-9-10)18-11-7-12-4-3-5-13(8-11)19(12)2/h6,9,11-13H,3-5,7-8H2,1-2H3,(H,17,18). The topological polar surface area (TPSA) is 28.2 Å². The molecule has 104 valence electrons. The van der Waals surface area contributed by atoms with Gasteiger partial charge in [-0.15, -0.1) is 0 Å². The number of nitrogens with one attached hydrogen (secondary N) is 1. The number of aryl methyl sites for hydroxylation is 1. The predicted octanol–water partition coefficient (Wildman–Crippen LogP) is 3.58. The molecule has 0 aromatic carbocycles. The zero-order valence-corrected chi connectivity index (χ0v) is 13.3. The number of hydrogen-bond acceptors (Lipinski definition) is 3. The summed E-state index contributed by atoms with van der Waals surface area (Å²) in [7, 11) is 2.30. The molecular formula is C15H22BrN3. The first-order valence-corrected chi connectivity index (χ1v) is 8.03. The summed E-state index contributed by atoms with van der Waals surface area (Å²) >= 11 is 3.61. The van der Waals surface area contributed by atoms with Crippen molar-refractivity contribution >= 4 is 21.7 Å². The van der Waals surface area contributed by atoms with Gasteiger partial charge in [-0.1, -0.05) is 6.42 Å². The van der Waals surface area contributed by atoms with Gasteiger partial charge in [0, 0.05) is 24.3 Å². The number of piperidine rings is 2. The molecule has 0 aliphatic carbocycles. The zero-order chi connectivity index (χ0) is 13.4. The molecule has 2 aliphatic rings. The lowest BCUT2D eigenvalue weighted by Gasteiger charge is -2.47. The van der Waals surface area contributed by atoms with Crippen LogP contribution in [-0.4, -0.2) is 35.1 Å². The van der Waals surface area contributed by atoms with E-state index in [4.69, 9.17) is 0 Å². The van der Waals surface area contributed by atoms with Crippen molar-refractivity contribution in [3.63, 3.8) is 0 Å². The van der Waals surface area contributed by atoms with Crippen LogP contribution in [0.2, 0.25) is 0 Å². The van der Waals surface area contributed by atoms with E-state index in [1.54, 1.807) is 0 Å². The maximum Gasteiger partial charge on any atom is 0.140 e. The molecule has 19 heavy (non-hydrogen) atoms. The number of pyridine rings is 1. The van der Waals surface area contributed by atoms with Crippen LogP contribution < -0.4 is 5.32 Å². The van der Waals surface area contributed by atoms with Gasteiger partial charge < -0.3 is 10.2 Å². The van der Waals surface area contributed by atoms with Crippen molar-refractivity contribution in [1.82, 2.24) is 9.88 Å². The lowest BCUT2D eigenvalue weighted by atomic mass is 9.82. The molecule has 4 heteroatoms. The van der Waals surface area contributed by atoms with Crippen LogP contribution in [-0.2, 0) is 0 Å². The fraction of sp³-hybridized carbons (Fsp3) is 0.667. The predicted molar refractivity (Wildman–Crippen MR) is 82.5 cm³/mol. The molecule has 3 rings (SSSR count). The summed E-state index contributed by atoms with van der Waals surface area (Å²) in [6.45, 7) is 2.07. The minimum absolute atomic E-state index is 0.568. The number of anilines is 1. The Kier molecular flexibility index (Phi) is 3.81. The van der Waals surface area contributed by atoms with Gasteiger partial charge in [0.25, 0.3) is 0 Å². The van der Waals surface area contributed by atoms with Crippen LogP contribution in [0.5, 0.6) is 0 Å². The highest BCUT2D eigenvalue weighted by atomic mass is 79.9. The van der Waals surface area contributed by atoms with Gasteiger partial charge in [-0.3, -0.25) is 0 Å². The minimum atomic E-state index is 0.568. The summed E-state index contributed by atoms with van der Waals surface area (Å²) in [6, 6.07) is 4.21. The zero-order valence-electron chi connectivity index (χ0n) is 11.7. The monoisotopic (exact) mass is 323 g/mol. The summed E-state index contributed by atoms with van der Waals surface area (Å²) in [5.41, 5.74) is 1.19. The lowest BCUT2D eigenvalue weighted by molar-refractivity contribution is 0.0608. The van der Waals surface area contributed by atoms with E-state index in [0.29, 0.717) is 6.04 Å². The number of hydrogen-bond donors (Lipinski definition) is 1. The Labute approximate surface area is 123 Å². The summed E-state index contributed by atoms with van der Waals surface area (Å²) in [5.74, 6) is 0.998. The summed E-state index contributed by atoms with van der Waals surface area (Å²) in [4.78, 5) is 7.11. The van der Waals surface area contributed by atoms with Crippen molar-refractivity contribution in [1.29, 1.82) is 0 Å². The molecule has 3 nitrogen and oxygen atoms in total. The highest BCUT2D eigenvalue weighted by Crippen LogP contribution is 2.34. The quantitative estimate of drug-likeness (QED) is 0.901. The van der Waals surface area contributed by atoms with Crippen molar-refractivity contribution in [2.45, 2.75) is 57.2 Å². The highest BCUT2D eigenvalue weighted by molar-refractivity contribution is 9.10. The van der Waals surface area contributed by atoms with E-state index in [-0.39, 0.29) is 0 Å². The van der Waals surface area contributed by atoms with E-state index in [0.717, 1.165) is 22.4 Å². The number of nitrogens with zero attached hydrogens (tertiary/aromatic N) is 2. The molecule has 2 aliphatic heterocycles. The highest BCUT2D eigenvalue weighted by Gasteiger charge is 2.36. The Morgan fingerprint density at radius 2 is 2.00 bits per heavy atom. The average Bonchev–Trinajstić information content (AvgIpc) is 2.34. The number of halogens is 1. The van der Waals surface area contributed by atoms with Crippen molar-refractivity contribution in [2.75, 3.05) is 12.4 Å². The third-order valence-electron chi connectivity index (χ3n) is 4.66. The van der Waals surface area contributed by atoms with Crippen molar-refractivity contribution in [3.05, 3.63) is 22.3 Å². The molecule has 1 N–H and O–H groups in total. The molecule has 0 spiro atoms. The van der Waals surface area contributed by atoms with Crippen molar-refractivity contribution in [3.8, 4) is 0 Å². The molecule has 2 atom stereocenters. The van der Waals surface area contributed by atoms with Crippen LogP contribution in [0.1, 0.15) is 37.7 Å². The number of aromatic nitrogens is 1. The molecule has 0 amide bonds. The average molecular weight is 324 g/mol. The molecule has 2 unspecified atom stereocenters. The third kappa shape index (κ3) is 2.79. The van der Waals surface area contributed by atoms with Crippen molar-refractivity contribution in [2.24, 2.45) is 0 Å². The van der Waals surface area contributed by atoms with Crippen LogP contribution in [0.25, 0.3) is 0 Å². The normalized spacial score (nSPS) is 31.2. The number of fused-ring (bicyclic) bond motifs is 2. The number of rotatable bonds is 2. The molecule has 2 saturated heterocycles. The maximum absolute atomic E-state index is 4.51. The minimum Gasteiger partial charge on any atom is -0.366 e. The molecule has 2 fully saturated rings. The van der Waals surface area contributed by atoms with E-state index >= 15 is 0 Å². The second-order valence-electron chi connectivity index (χ2n) is 6.06. The van der Waals surface area contributed by atoms with Gasteiger partial charge in [-0.05, 0) is 67.2 Å². The molecular weight excluding hydrogens is 302 g/mol. The first kappa shape index (κ1) is 13.4. The molecule has 1 aromatic heterocycles. The van der Waals surface area contributed by atoms with E-state index in [1.165, 1.54) is 37.7 Å². The van der Waals surface area contributed by atoms with E-state index in [9.17, 15) is 0 Å². The summed E-state index contributed by atoms with van der Waals surface area (Å²) in [6.07, 6.45) is 8.53. The fourth-order valence-corrected chi connectivity index (χ4v) is 4.14. The van der Waals surface area contributed by atoms with E-state index in [1.807, 2.05) is 6.20 Å². The Hall–Kier alpha value is -0.610. The molecule has 3 heterocycles. The van der Waals surface area contributed by atoms with Gasteiger partial charge >= 0.3 is 0 Å².